The molecule has 0 saturated heterocycles. The Morgan fingerprint density at radius 1 is 0.800 bits per heavy atom. The molecule has 0 spiro atoms. The first-order valence-electron chi connectivity index (χ1n) is 6.55. The standard InChI is InChI=1S/C14H11NO8S2/c16-15(17)11-14(24(18,19)22-12-7-3-1-4-8-12)25(20,21)23-13-9-5-2-6-10-13/h1-11H. The van der Waals surface area contributed by atoms with Gasteiger partial charge in [0.2, 0.25) is 0 Å². The number of rotatable bonds is 7. The van der Waals surface area contributed by atoms with Gasteiger partial charge >= 0.3 is 24.5 Å². The van der Waals surface area contributed by atoms with Gasteiger partial charge in [-0.05, 0) is 24.3 Å². The predicted molar refractivity (Wildman–Crippen MR) is 87.1 cm³/mol. The molecule has 0 aliphatic rings. The molecule has 2 rings (SSSR count). The van der Waals surface area contributed by atoms with Crippen molar-refractivity contribution in [2.45, 2.75) is 0 Å². The van der Waals surface area contributed by atoms with E-state index in [1.165, 1.54) is 48.5 Å². The minimum Gasteiger partial charge on any atom is -0.378 e. The molecule has 0 aromatic heterocycles. The summed E-state index contributed by atoms with van der Waals surface area (Å²) in [5.41, 5.74) is 0. The van der Waals surface area contributed by atoms with E-state index in [4.69, 9.17) is 0 Å². The lowest BCUT2D eigenvalue weighted by molar-refractivity contribution is -0.402. The Labute approximate surface area is 143 Å². The van der Waals surface area contributed by atoms with E-state index in [1.807, 2.05) is 0 Å². The van der Waals surface area contributed by atoms with E-state index < -0.39 is 29.4 Å². The van der Waals surface area contributed by atoms with Gasteiger partial charge in [0.25, 0.3) is 6.20 Å². The third-order valence-corrected chi connectivity index (χ3v) is 5.85. The lowest BCUT2D eigenvalue weighted by Gasteiger charge is -2.10. The molecule has 132 valence electrons. The molecule has 0 aliphatic heterocycles. The van der Waals surface area contributed by atoms with Gasteiger partial charge in [-0.3, -0.25) is 10.1 Å². The normalized spacial score (nSPS) is 11.4. The number of hydrogen-bond donors (Lipinski definition) is 0. The van der Waals surface area contributed by atoms with E-state index in [9.17, 15) is 26.9 Å². The van der Waals surface area contributed by atoms with Gasteiger partial charge in [-0.15, -0.1) is 0 Å². The van der Waals surface area contributed by atoms with Crippen molar-refractivity contribution in [2.24, 2.45) is 0 Å². The lowest BCUT2D eigenvalue weighted by Crippen LogP contribution is -2.23. The zero-order valence-corrected chi connectivity index (χ0v) is 14.0. The van der Waals surface area contributed by atoms with Crippen molar-refractivity contribution in [3.8, 4) is 11.5 Å². The minimum absolute atomic E-state index is 0.198. The first-order valence-corrected chi connectivity index (χ1v) is 9.37. The number of nitro groups is 1. The first-order chi connectivity index (χ1) is 11.7. The molecule has 0 saturated carbocycles. The second-order valence-electron chi connectivity index (χ2n) is 4.43. The van der Waals surface area contributed by atoms with Crippen LogP contribution in [0.5, 0.6) is 11.5 Å². The van der Waals surface area contributed by atoms with Crippen LogP contribution in [0.3, 0.4) is 0 Å². The molecule has 25 heavy (non-hydrogen) atoms. The third kappa shape index (κ3) is 5.02. The van der Waals surface area contributed by atoms with Crippen molar-refractivity contribution in [3.05, 3.63) is 81.2 Å². The van der Waals surface area contributed by atoms with Gasteiger partial charge in [0.1, 0.15) is 11.5 Å². The Morgan fingerprint density at radius 3 is 1.48 bits per heavy atom. The second-order valence-corrected chi connectivity index (χ2v) is 7.72. The van der Waals surface area contributed by atoms with Gasteiger partial charge < -0.3 is 8.37 Å². The van der Waals surface area contributed by atoms with Crippen LogP contribution in [-0.4, -0.2) is 21.8 Å². The molecule has 2 aromatic carbocycles. The molecule has 0 aliphatic carbocycles. The zero-order valence-electron chi connectivity index (χ0n) is 12.4. The maximum Gasteiger partial charge on any atom is 0.360 e. The Bertz CT molecular complexity index is 910. The van der Waals surface area contributed by atoms with Gasteiger partial charge in [0.15, 0.2) is 0 Å². The van der Waals surface area contributed by atoms with E-state index in [2.05, 4.69) is 8.37 Å². The molecule has 0 amide bonds. The maximum atomic E-state index is 12.2. The third-order valence-electron chi connectivity index (χ3n) is 2.60. The molecule has 0 atom stereocenters. The SMILES string of the molecule is O=[N+]([O-])C=C(S(=O)(=O)Oc1ccccc1)S(=O)(=O)Oc1ccccc1. The van der Waals surface area contributed by atoms with Crippen LogP contribution in [0.25, 0.3) is 0 Å². The van der Waals surface area contributed by atoms with Crippen LogP contribution in [0.2, 0.25) is 0 Å². The Balaban J connectivity index is 2.44. The van der Waals surface area contributed by atoms with Crippen molar-refractivity contribution >= 4 is 20.2 Å². The fourth-order valence-corrected chi connectivity index (χ4v) is 4.16. The highest BCUT2D eigenvalue weighted by Gasteiger charge is 2.38. The topological polar surface area (TPSA) is 130 Å². The molecule has 9 nitrogen and oxygen atoms in total. The van der Waals surface area contributed by atoms with Crippen molar-refractivity contribution in [1.29, 1.82) is 0 Å². The van der Waals surface area contributed by atoms with Crippen LogP contribution in [0.15, 0.2) is 71.1 Å². The summed E-state index contributed by atoms with van der Waals surface area (Å²) >= 11 is 0. The molecule has 0 unspecified atom stereocenters. The van der Waals surface area contributed by atoms with E-state index in [1.54, 1.807) is 12.1 Å². The van der Waals surface area contributed by atoms with Crippen molar-refractivity contribution < 1.29 is 30.1 Å². The summed E-state index contributed by atoms with van der Waals surface area (Å²) in [6.07, 6.45) is -0.198. The number of nitrogens with zero attached hydrogens (tertiary/aromatic N) is 1. The number of hydrogen-bond acceptors (Lipinski definition) is 8. The van der Waals surface area contributed by atoms with Crippen molar-refractivity contribution in [1.82, 2.24) is 0 Å². The summed E-state index contributed by atoms with van der Waals surface area (Å²) in [6, 6.07) is 13.9. The highest BCUT2D eigenvalue weighted by atomic mass is 32.3. The van der Waals surface area contributed by atoms with Gasteiger partial charge in [-0.2, -0.15) is 16.8 Å². The monoisotopic (exact) mass is 385 g/mol. The molecule has 0 fully saturated rings. The molecule has 0 radical (unpaired) electrons. The summed E-state index contributed by atoms with van der Waals surface area (Å²) in [6.45, 7) is 0. The zero-order chi connectivity index (χ0) is 18.5. The molecule has 2 aromatic rings. The van der Waals surface area contributed by atoms with Crippen molar-refractivity contribution in [3.63, 3.8) is 0 Å². The quantitative estimate of drug-likeness (QED) is 0.401. The van der Waals surface area contributed by atoms with Crippen LogP contribution in [0, 0.1) is 10.1 Å². The molecular weight excluding hydrogens is 374 g/mol. The molecule has 0 bridgehead atoms. The van der Waals surface area contributed by atoms with Crippen molar-refractivity contribution in [2.75, 3.05) is 0 Å². The highest BCUT2D eigenvalue weighted by molar-refractivity contribution is 8.10. The lowest BCUT2D eigenvalue weighted by atomic mass is 10.3. The molecule has 0 heterocycles. The van der Waals surface area contributed by atoms with E-state index in [0.29, 0.717) is 0 Å². The van der Waals surface area contributed by atoms with Gasteiger partial charge in [0, 0.05) is 0 Å². The largest absolute Gasteiger partial charge is 0.378 e. The predicted octanol–water partition coefficient (Wildman–Crippen LogP) is 1.88. The average Bonchev–Trinajstić information content (AvgIpc) is 2.53. The van der Waals surface area contributed by atoms with Crippen LogP contribution in [-0.2, 0) is 20.2 Å². The molecular formula is C14H11NO8S2. The Morgan fingerprint density at radius 2 is 1.16 bits per heavy atom. The fourth-order valence-electron chi connectivity index (χ4n) is 1.63. The highest BCUT2D eigenvalue weighted by Crippen LogP contribution is 2.24. The summed E-state index contributed by atoms with van der Waals surface area (Å²) in [4.78, 5) is 9.47. The maximum absolute atomic E-state index is 12.2. The van der Waals surface area contributed by atoms with Crippen LogP contribution in [0.4, 0.5) is 0 Å². The summed E-state index contributed by atoms with van der Waals surface area (Å²) < 4.78 is 56.5. The van der Waals surface area contributed by atoms with Gasteiger partial charge in [-0.1, -0.05) is 36.4 Å². The van der Waals surface area contributed by atoms with E-state index in [-0.39, 0.29) is 17.7 Å². The summed E-state index contributed by atoms with van der Waals surface area (Å²) in [5, 5.41) is 10.7. The smallest absolute Gasteiger partial charge is 0.360 e. The van der Waals surface area contributed by atoms with Crippen LogP contribution >= 0.6 is 0 Å². The first kappa shape index (κ1) is 18.4. The Kier molecular flexibility index (Phi) is 5.39. The summed E-state index contributed by atoms with van der Waals surface area (Å²) in [5.74, 6) is -0.432. The van der Waals surface area contributed by atoms with E-state index >= 15 is 0 Å². The number of para-hydroxylation sites is 2. The second kappa shape index (κ2) is 7.32. The minimum atomic E-state index is -5.04. The van der Waals surface area contributed by atoms with Gasteiger partial charge in [0.05, 0.1) is 4.92 Å². The summed E-state index contributed by atoms with van der Waals surface area (Å²) in [7, 11) is -10.1. The fraction of sp³-hybridized carbons (Fsp3) is 0. The Hall–Kier alpha value is -2.92. The van der Waals surface area contributed by atoms with Crippen LogP contribution < -0.4 is 8.37 Å². The molecule has 11 heteroatoms. The molecule has 0 N–H and O–H groups in total. The van der Waals surface area contributed by atoms with E-state index in [0.717, 1.165) is 0 Å². The average molecular weight is 385 g/mol. The number of benzene rings is 2. The van der Waals surface area contributed by atoms with Crippen LogP contribution in [0.1, 0.15) is 0 Å². The van der Waals surface area contributed by atoms with Gasteiger partial charge in [-0.25, -0.2) is 0 Å².